The maximum Gasteiger partial charge on any atom is 0.282 e. The fraction of sp³-hybridized carbons (Fsp3) is 1.00. The predicted octanol–water partition coefficient (Wildman–Crippen LogP) is -0.732. The standard InChI is InChI=1S/C10H20N2O4S/c13-9-10-1-3-11(4-2-10)17(14,15)12-5-7-16-8-6-12/h10,13H,1-9H2. The molecule has 0 bridgehead atoms. The number of ether oxygens (including phenoxy) is 1. The molecule has 100 valence electrons. The number of piperidine rings is 1. The van der Waals surface area contributed by atoms with Gasteiger partial charge in [0.05, 0.1) is 13.2 Å². The first-order valence-electron chi connectivity index (χ1n) is 6.08. The van der Waals surface area contributed by atoms with E-state index < -0.39 is 10.2 Å². The third kappa shape index (κ3) is 2.97. The smallest absolute Gasteiger partial charge is 0.282 e. The largest absolute Gasteiger partial charge is 0.396 e. The minimum absolute atomic E-state index is 0.158. The Hall–Kier alpha value is -0.210. The molecule has 0 radical (unpaired) electrons. The average molecular weight is 264 g/mol. The molecule has 7 heteroatoms. The molecule has 0 aromatic heterocycles. The summed E-state index contributed by atoms with van der Waals surface area (Å²) < 4.78 is 32.7. The van der Waals surface area contributed by atoms with Crippen LogP contribution in [0.1, 0.15) is 12.8 Å². The fourth-order valence-electron chi connectivity index (χ4n) is 2.26. The molecule has 2 heterocycles. The second-order valence-electron chi connectivity index (χ2n) is 4.54. The van der Waals surface area contributed by atoms with E-state index in [0.29, 0.717) is 39.4 Å². The van der Waals surface area contributed by atoms with Gasteiger partial charge in [-0.1, -0.05) is 0 Å². The first kappa shape index (κ1) is 13.2. The van der Waals surface area contributed by atoms with Gasteiger partial charge >= 0.3 is 0 Å². The lowest BCUT2D eigenvalue weighted by Gasteiger charge is -2.35. The molecule has 2 saturated heterocycles. The zero-order valence-electron chi connectivity index (χ0n) is 9.92. The van der Waals surface area contributed by atoms with Crippen molar-refractivity contribution in [3.63, 3.8) is 0 Å². The van der Waals surface area contributed by atoms with E-state index in [1.54, 1.807) is 0 Å². The van der Waals surface area contributed by atoms with Crippen molar-refractivity contribution >= 4 is 10.2 Å². The maximum absolute atomic E-state index is 12.3. The van der Waals surface area contributed by atoms with Crippen LogP contribution in [-0.4, -0.2) is 68.1 Å². The number of aliphatic hydroxyl groups excluding tert-OH is 1. The molecule has 0 unspecified atom stereocenters. The number of hydrogen-bond acceptors (Lipinski definition) is 4. The van der Waals surface area contributed by atoms with Crippen molar-refractivity contribution in [3.8, 4) is 0 Å². The van der Waals surface area contributed by atoms with E-state index >= 15 is 0 Å². The van der Waals surface area contributed by atoms with Crippen molar-refractivity contribution in [1.82, 2.24) is 8.61 Å². The molecule has 17 heavy (non-hydrogen) atoms. The van der Waals surface area contributed by atoms with Crippen molar-refractivity contribution < 1.29 is 18.3 Å². The monoisotopic (exact) mass is 264 g/mol. The molecule has 0 aromatic rings. The summed E-state index contributed by atoms with van der Waals surface area (Å²) in [5.41, 5.74) is 0. The fourth-order valence-corrected chi connectivity index (χ4v) is 3.87. The summed E-state index contributed by atoms with van der Waals surface area (Å²) in [6.07, 6.45) is 1.50. The summed E-state index contributed by atoms with van der Waals surface area (Å²) in [4.78, 5) is 0. The van der Waals surface area contributed by atoms with Crippen LogP contribution in [0.3, 0.4) is 0 Å². The lowest BCUT2D eigenvalue weighted by molar-refractivity contribution is 0.0687. The van der Waals surface area contributed by atoms with Gasteiger partial charge in [0, 0.05) is 32.8 Å². The van der Waals surface area contributed by atoms with Crippen molar-refractivity contribution in [2.45, 2.75) is 12.8 Å². The van der Waals surface area contributed by atoms with Crippen LogP contribution in [0.2, 0.25) is 0 Å². The van der Waals surface area contributed by atoms with Crippen LogP contribution in [0.15, 0.2) is 0 Å². The minimum atomic E-state index is -3.31. The molecule has 1 N–H and O–H groups in total. The van der Waals surface area contributed by atoms with Crippen LogP contribution < -0.4 is 0 Å². The third-order valence-corrected chi connectivity index (χ3v) is 5.49. The van der Waals surface area contributed by atoms with Crippen molar-refractivity contribution in [2.24, 2.45) is 5.92 Å². The van der Waals surface area contributed by atoms with E-state index in [2.05, 4.69) is 0 Å². The second kappa shape index (κ2) is 5.62. The molecular formula is C10H20N2O4S. The molecule has 0 saturated carbocycles. The van der Waals surface area contributed by atoms with Gasteiger partial charge in [-0.15, -0.1) is 0 Å². The van der Waals surface area contributed by atoms with Crippen molar-refractivity contribution in [1.29, 1.82) is 0 Å². The summed E-state index contributed by atoms with van der Waals surface area (Å²) in [6.45, 7) is 3.05. The van der Waals surface area contributed by atoms with E-state index in [4.69, 9.17) is 9.84 Å². The summed E-state index contributed by atoms with van der Waals surface area (Å²) in [5, 5.41) is 9.03. The molecule has 0 aliphatic carbocycles. The molecule has 0 atom stereocenters. The summed E-state index contributed by atoms with van der Waals surface area (Å²) in [7, 11) is -3.31. The number of rotatable bonds is 3. The number of morpholine rings is 1. The van der Waals surface area contributed by atoms with Gasteiger partial charge < -0.3 is 9.84 Å². The zero-order chi connectivity index (χ0) is 12.3. The van der Waals surface area contributed by atoms with Crippen LogP contribution in [0.4, 0.5) is 0 Å². The van der Waals surface area contributed by atoms with E-state index in [1.807, 2.05) is 0 Å². The van der Waals surface area contributed by atoms with Crippen LogP contribution >= 0.6 is 0 Å². The summed E-state index contributed by atoms with van der Waals surface area (Å²) in [5.74, 6) is 0.256. The van der Waals surface area contributed by atoms with E-state index in [-0.39, 0.29) is 12.5 Å². The van der Waals surface area contributed by atoms with Crippen LogP contribution in [0.25, 0.3) is 0 Å². The zero-order valence-corrected chi connectivity index (χ0v) is 10.7. The Kier molecular flexibility index (Phi) is 4.37. The molecule has 2 aliphatic heterocycles. The summed E-state index contributed by atoms with van der Waals surface area (Å²) in [6, 6.07) is 0. The maximum atomic E-state index is 12.3. The normalized spacial score (nSPS) is 26.2. The Morgan fingerprint density at radius 2 is 1.59 bits per heavy atom. The highest BCUT2D eigenvalue weighted by molar-refractivity contribution is 7.86. The topological polar surface area (TPSA) is 70.1 Å². The highest BCUT2D eigenvalue weighted by atomic mass is 32.2. The third-order valence-electron chi connectivity index (χ3n) is 3.45. The summed E-state index contributed by atoms with van der Waals surface area (Å²) >= 11 is 0. The molecular weight excluding hydrogens is 244 g/mol. The number of hydrogen-bond donors (Lipinski definition) is 1. The molecule has 2 aliphatic rings. The predicted molar refractivity (Wildman–Crippen MR) is 62.7 cm³/mol. The van der Waals surface area contributed by atoms with Gasteiger partial charge in [-0.2, -0.15) is 17.0 Å². The van der Waals surface area contributed by atoms with Crippen LogP contribution in [-0.2, 0) is 14.9 Å². The van der Waals surface area contributed by atoms with Gasteiger partial charge in [0.1, 0.15) is 0 Å². The first-order valence-corrected chi connectivity index (χ1v) is 7.48. The second-order valence-corrected chi connectivity index (χ2v) is 6.47. The van der Waals surface area contributed by atoms with Crippen LogP contribution in [0, 0.1) is 5.92 Å². The number of aliphatic hydroxyl groups is 1. The van der Waals surface area contributed by atoms with Gasteiger partial charge in [-0.05, 0) is 18.8 Å². The number of nitrogens with zero attached hydrogens (tertiary/aromatic N) is 2. The van der Waals surface area contributed by atoms with E-state index in [9.17, 15) is 8.42 Å². The molecule has 2 rings (SSSR count). The first-order chi connectivity index (χ1) is 8.14. The molecule has 0 aromatic carbocycles. The Balaban J connectivity index is 1.96. The van der Waals surface area contributed by atoms with Crippen molar-refractivity contribution in [2.75, 3.05) is 46.0 Å². The lowest BCUT2D eigenvalue weighted by Crippen LogP contribution is -2.50. The highest BCUT2D eigenvalue weighted by Crippen LogP contribution is 2.21. The Labute approximate surface area is 102 Å². The van der Waals surface area contributed by atoms with Crippen LogP contribution in [0.5, 0.6) is 0 Å². The Morgan fingerprint density at radius 3 is 2.12 bits per heavy atom. The van der Waals surface area contributed by atoms with E-state index in [1.165, 1.54) is 8.61 Å². The van der Waals surface area contributed by atoms with E-state index in [0.717, 1.165) is 12.8 Å². The lowest BCUT2D eigenvalue weighted by atomic mass is 10.00. The van der Waals surface area contributed by atoms with Gasteiger partial charge in [-0.25, -0.2) is 0 Å². The van der Waals surface area contributed by atoms with Crippen molar-refractivity contribution in [3.05, 3.63) is 0 Å². The van der Waals surface area contributed by atoms with Gasteiger partial charge in [0.2, 0.25) is 0 Å². The molecule has 2 fully saturated rings. The van der Waals surface area contributed by atoms with Gasteiger partial charge in [0.25, 0.3) is 10.2 Å². The van der Waals surface area contributed by atoms with Gasteiger partial charge in [0.15, 0.2) is 0 Å². The van der Waals surface area contributed by atoms with Gasteiger partial charge in [-0.3, -0.25) is 0 Å². The molecule has 6 nitrogen and oxygen atoms in total. The Morgan fingerprint density at radius 1 is 1.06 bits per heavy atom. The quantitative estimate of drug-likeness (QED) is 0.729. The Bertz CT molecular complexity index is 332. The SMILES string of the molecule is O=S(=O)(N1CCOCC1)N1CCC(CO)CC1. The average Bonchev–Trinajstić information content (AvgIpc) is 2.40. The molecule has 0 spiro atoms. The highest BCUT2D eigenvalue weighted by Gasteiger charge is 2.33. The molecule has 0 amide bonds. The minimum Gasteiger partial charge on any atom is -0.396 e.